The van der Waals surface area contributed by atoms with Gasteiger partial charge in [-0.15, -0.1) is 11.3 Å². The Bertz CT molecular complexity index is 1060. The number of hydrogen-bond acceptors (Lipinski definition) is 6. The maximum absolute atomic E-state index is 5.27. The minimum atomic E-state index is 0.387. The van der Waals surface area contributed by atoms with Gasteiger partial charge in [0, 0.05) is 44.5 Å². The van der Waals surface area contributed by atoms with E-state index in [0.717, 1.165) is 27.4 Å². The Balaban J connectivity index is 1.85. The number of hydrogen-bond donors (Lipinski definition) is 0. The zero-order valence-electron chi connectivity index (χ0n) is 15.6. The molecule has 0 aliphatic heterocycles. The molecule has 0 aliphatic rings. The molecule has 0 saturated carbocycles. The standard InChI is InChI=1S/C20H21N5OS/c1-24-10-9-21-17(24)11-25(2)19-18-15(14-7-5-4-6-8-14)13-27-20(18)23-16(22-19)12-26-3/h4-10,13H,11-12H2,1-3H3. The van der Waals surface area contributed by atoms with Gasteiger partial charge in [0.25, 0.3) is 0 Å². The summed E-state index contributed by atoms with van der Waals surface area (Å²) in [7, 11) is 5.70. The van der Waals surface area contributed by atoms with Crippen molar-refractivity contribution in [1.29, 1.82) is 0 Å². The number of benzene rings is 1. The molecule has 0 spiro atoms. The van der Waals surface area contributed by atoms with Gasteiger partial charge in [0.15, 0.2) is 5.82 Å². The highest BCUT2D eigenvalue weighted by molar-refractivity contribution is 7.17. The fourth-order valence-corrected chi connectivity index (χ4v) is 4.06. The second-order valence-electron chi connectivity index (χ2n) is 6.40. The molecule has 4 aromatic rings. The lowest BCUT2D eigenvalue weighted by atomic mass is 10.1. The van der Waals surface area contributed by atoms with Gasteiger partial charge in [0.05, 0.1) is 11.9 Å². The molecule has 3 heterocycles. The molecule has 0 radical (unpaired) electrons. The Hall–Kier alpha value is -2.77. The van der Waals surface area contributed by atoms with Crippen molar-refractivity contribution < 1.29 is 4.74 Å². The van der Waals surface area contributed by atoms with Gasteiger partial charge in [-0.05, 0) is 5.56 Å². The largest absolute Gasteiger partial charge is 0.377 e. The van der Waals surface area contributed by atoms with Crippen LogP contribution in [0, 0.1) is 0 Å². The highest BCUT2D eigenvalue weighted by atomic mass is 32.1. The van der Waals surface area contributed by atoms with Gasteiger partial charge in [-0.2, -0.15) is 0 Å². The molecule has 27 heavy (non-hydrogen) atoms. The molecule has 1 aromatic carbocycles. The second kappa shape index (κ2) is 7.46. The SMILES string of the molecule is COCc1nc(N(C)Cc2nccn2C)c2c(-c3ccccc3)csc2n1. The zero-order chi connectivity index (χ0) is 18.8. The number of methoxy groups -OCH3 is 1. The molecule has 0 fully saturated rings. The summed E-state index contributed by atoms with van der Waals surface area (Å²) in [4.78, 5) is 17.1. The van der Waals surface area contributed by atoms with Crippen molar-refractivity contribution in [2.75, 3.05) is 19.1 Å². The molecule has 7 heteroatoms. The number of aromatic nitrogens is 4. The number of nitrogens with zero attached hydrogens (tertiary/aromatic N) is 5. The summed E-state index contributed by atoms with van der Waals surface area (Å²) in [6.07, 6.45) is 3.77. The maximum Gasteiger partial charge on any atom is 0.158 e. The van der Waals surface area contributed by atoms with Crippen LogP contribution in [0.1, 0.15) is 11.6 Å². The Morgan fingerprint density at radius 2 is 2.00 bits per heavy atom. The normalized spacial score (nSPS) is 11.2. The Labute approximate surface area is 162 Å². The quantitative estimate of drug-likeness (QED) is 0.509. The van der Waals surface area contributed by atoms with E-state index in [1.807, 2.05) is 37.1 Å². The lowest BCUT2D eigenvalue weighted by molar-refractivity contribution is 0.178. The molecule has 3 aromatic heterocycles. The van der Waals surface area contributed by atoms with Crippen molar-refractivity contribution in [2.45, 2.75) is 13.2 Å². The van der Waals surface area contributed by atoms with Crippen LogP contribution < -0.4 is 4.90 Å². The highest BCUT2D eigenvalue weighted by Gasteiger charge is 2.19. The van der Waals surface area contributed by atoms with Gasteiger partial charge >= 0.3 is 0 Å². The third kappa shape index (κ3) is 3.43. The van der Waals surface area contributed by atoms with Crippen LogP contribution in [0.5, 0.6) is 0 Å². The van der Waals surface area contributed by atoms with Crippen LogP contribution in [-0.2, 0) is 24.9 Å². The molecular formula is C20H21N5OS. The summed E-state index contributed by atoms with van der Waals surface area (Å²) >= 11 is 1.64. The van der Waals surface area contributed by atoms with Gasteiger partial charge in [-0.3, -0.25) is 0 Å². The number of anilines is 1. The Kier molecular flexibility index (Phi) is 4.87. The molecule has 0 unspecified atom stereocenters. The van der Waals surface area contributed by atoms with E-state index in [0.29, 0.717) is 19.0 Å². The van der Waals surface area contributed by atoms with Gasteiger partial charge in [-0.1, -0.05) is 30.3 Å². The van der Waals surface area contributed by atoms with Crippen molar-refractivity contribution in [3.05, 3.63) is 59.8 Å². The maximum atomic E-state index is 5.27. The van der Waals surface area contributed by atoms with E-state index >= 15 is 0 Å². The predicted molar refractivity (Wildman–Crippen MR) is 109 cm³/mol. The van der Waals surface area contributed by atoms with E-state index in [4.69, 9.17) is 14.7 Å². The first-order valence-electron chi connectivity index (χ1n) is 8.67. The summed E-state index contributed by atoms with van der Waals surface area (Å²) in [5.74, 6) is 2.57. The van der Waals surface area contributed by atoms with Crippen LogP contribution in [0.4, 0.5) is 5.82 Å². The first-order valence-corrected chi connectivity index (χ1v) is 9.55. The van der Waals surface area contributed by atoms with Gasteiger partial charge in [-0.25, -0.2) is 15.0 Å². The molecule has 4 rings (SSSR count). The zero-order valence-corrected chi connectivity index (χ0v) is 16.4. The van der Waals surface area contributed by atoms with E-state index in [-0.39, 0.29) is 0 Å². The minimum absolute atomic E-state index is 0.387. The monoisotopic (exact) mass is 379 g/mol. The number of imidazole rings is 1. The van der Waals surface area contributed by atoms with Crippen LogP contribution in [0.25, 0.3) is 21.3 Å². The van der Waals surface area contributed by atoms with Crippen LogP contribution in [0.2, 0.25) is 0 Å². The average Bonchev–Trinajstić information content (AvgIpc) is 3.28. The summed E-state index contributed by atoms with van der Waals surface area (Å²) < 4.78 is 7.30. The van der Waals surface area contributed by atoms with E-state index in [1.165, 1.54) is 5.56 Å². The Morgan fingerprint density at radius 3 is 2.70 bits per heavy atom. The summed E-state index contributed by atoms with van der Waals surface area (Å²) in [6, 6.07) is 10.4. The first-order chi connectivity index (χ1) is 13.2. The third-order valence-corrected chi connectivity index (χ3v) is 5.35. The van der Waals surface area contributed by atoms with Crippen LogP contribution in [-0.4, -0.2) is 33.7 Å². The average molecular weight is 379 g/mol. The third-order valence-electron chi connectivity index (χ3n) is 4.48. The van der Waals surface area contributed by atoms with Crippen molar-refractivity contribution in [1.82, 2.24) is 19.5 Å². The van der Waals surface area contributed by atoms with Gasteiger partial charge < -0.3 is 14.2 Å². The van der Waals surface area contributed by atoms with Crippen LogP contribution >= 0.6 is 11.3 Å². The van der Waals surface area contributed by atoms with E-state index in [1.54, 1.807) is 18.4 Å². The van der Waals surface area contributed by atoms with Gasteiger partial charge in [0.1, 0.15) is 23.1 Å². The summed E-state index contributed by atoms with van der Waals surface area (Å²) in [5, 5.41) is 3.23. The highest BCUT2D eigenvalue weighted by Crippen LogP contribution is 2.38. The van der Waals surface area contributed by atoms with Gasteiger partial charge in [0.2, 0.25) is 0 Å². The Morgan fingerprint density at radius 1 is 1.19 bits per heavy atom. The number of thiophene rings is 1. The van der Waals surface area contributed by atoms with Crippen molar-refractivity contribution >= 4 is 27.4 Å². The molecule has 6 nitrogen and oxygen atoms in total. The number of ether oxygens (including phenoxy) is 1. The molecular weight excluding hydrogens is 358 g/mol. The van der Waals surface area contributed by atoms with E-state index in [2.05, 4.69) is 39.5 Å². The summed E-state index contributed by atoms with van der Waals surface area (Å²) in [6.45, 7) is 1.05. The molecule has 0 aliphatic carbocycles. The topological polar surface area (TPSA) is 56.1 Å². The summed E-state index contributed by atoms with van der Waals surface area (Å²) in [5.41, 5.74) is 2.32. The van der Waals surface area contributed by atoms with Crippen molar-refractivity contribution in [2.24, 2.45) is 7.05 Å². The van der Waals surface area contributed by atoms with E-state index < -0.39 is 0 Å². The number of aryl methyl sites for hydroxylation is 1. The van der Waals surface area contributed by atoms with Crippen LogP contribution in [0.3, 0.4) is 0 Å². The second-order valence-corrected chi connectivity index (χ2v) is 7.26. The number of rotatable bonds is 6. The molecule has 0 amide bonds. The minimum Gasteiger partial charge on any atom is -0.377 e. The van der Waals surface area contributed by atoms with Crippen molar-refractivity contribution in [3.63, 3.8) is 0 Å². The van der Waals surface area contributed by atoms with Crippen LogP contribution in [0.15, 0.2) is 48.1 Å². The molecule has 0 atom stereocenters. The smallest absolute Gasteiger partial charge is 0.158 e. The molecule has 0 N–H and O–H groups in total. The molecule has 0 bridgehead atoms. The fraction of sp³-hybridized carbons (Fsp3) is 0.250. The van der Waals surface area contributed by atoms with E-state index in [9.17, 15) is 0 Å². The number of fused-ring (bicyclic) bond motifs is 1. The lowest BCUT2D eigenvalue weighted by Gasteiger charge is -2.20. The van der Waals surface area contributed by atoms with Crippen molar-refractivity contribution in [3.8, 4) is 11.1 Å². The fourth-order valence-electron chi connectivity index (χ4n) is 3.10. The molecule has 138 valence electrons. The lowest BCUT2D eigenvalue weighted by Crippen LogP contribution is -2.21. The predicted octanol–water partition coefficient (Wildman–Crippen LogP) is 3.87. The molecule has 0 saturated heterocycles. The first kappa shape index (κ1) is 17.6.